The molecule has 1 aromatic carbocycles. The molecule has 1 aromatic rings. The normalized spacial score (nSPS) is 12.1. The van der Waals surface area contributed by atoms with Gasteiger partial charge in [0.15, 0.2) is 5.75 Å². The number of methoxy groups -OCH3 is 1. The Balaban J connectivity index is 2.68. The van der Waals surface area contributed by atoms with Crippen LogP contribution in [0.2, 0.25) is 0 Å². The fourth-order valence-electron chi connectivity index (χ4n) is 1.68. The molecule has 0 spiro atoms. The van der Waals surface area contributed by atoms with Crippen molar-refractivity contribution in [2.75, 3.05) is 26.9 Å². The van der Waals surface area contributed by atoms with Crippen molar-refractivity contribution in [3.05, 3.63) is 33.9 Å². The first-order valence-corrected chi connectivity index (χ1v) is 6.82. The van der Waals surface area contributed by atoms with Gasteiger partial charge in [0.05, 0.1) is 24.2 Å². The molecule has 0 radical (unpaired) electrons. The van der Waals surface area contributed by atoms with Gasteiger partial charge >= 0.3 is 5.69 Å². The Bertz CT molecular complexity index is 451. The third kappa shape index (κ3) is 6.52. The minimum Gasteiger partial charge on any atom is -0.487 e. The van der Waals surface area contributed by atoms with Crippen molar-refractivity contribution >= 4 is 5.69 Å². The SMILES string of the molecule is COCCNCc1ccc([N+](=O)[O-])c(OCCC(C)O)c1. The zero-order valence-electron chi connectivity index (χ0n) is 12.4. The van der Waals surface area contributed by atoms with Gasteiger partial charge < -0.3 is 19.9 Å². The van der Waals surface area contributed by atoms with Crippen LogP contribution in [0.15, 0.2) is 18.2 Å². The number of nitrogens with one attached hydrogen (secondary N) is 1. The number of aliphatic hydroxyl groups excluding tert-OH is 1. The maximum atomic E-state index is 11.0. The number of nitrogens with zero attached hydrogens (tertiary/aromatic N) is 1. The molecule has 0 bridgehead atoms. The zero-order chi connectivity index (χ0) is 15.7. The summed E-state index contributed by atoms with van der Waals surface area (Å²) >= 11 is 0. The Morgan fingerprint density at radius 2 is 2.19 bits per heavy atom. The van der Waals surface area contributed by atoms with Gasteiger partial charge in [-0.3, -0.25) is 10.1 Å². The summed E-state index contributed by atoms with van der Waals surface area (Å²) in [5.41, 5.74) is 0.824. The van der Waals surface area contributed by atoms with Crippen molar-refractivity contribution in [3.8, 4) is 5.75 Å². The third-order valence-electron chi connectivity index (χ3n) is 2.83. The summed E-state index contributed by atoms with van der Waals surface area (Å²) < 4.78 is 10.4. The fourth-order valence-corrected chi connectivity index (χ4v) is 1.68. The summed E-state index contributed by atoms with van der Waals surface area (Å²) in [6, 6.07) is 4.78. The summed E-state index contributed by atoms with van der Waals surface area (Å²) in [6.07, 6.45) is -0.0732. The summed E-state index contributed by atoms with van der Waals surface area (Å²) in [7, 11) is 1.63. The highest BCUT2D eigenvalue weighted by Crippen LogP contribution is 2.28. The summed E-state index contributed by atoms with van der Waals surface area (Å²) in [6.45, 7) is 3.76. The lowest BCUT2D eigenvalue weighted by molar-refractivity contribution is -0.385. The average molecular weight is 298 g/mol. The lowest BCUT2D eigenvalue weighted by atomic mass is 10.2. The molecule has 21 heavy (non-hydrogen) atoms. The van der Waals surface area contributed by atoms with Gasteiger partial charge in [0.2, 0.25) is 0 Å². The van der Waals surface area contributed by atoms with E-state index in [9.17, 15) is 15.2 Å². The highest BCUT2D eigenvalue weighted by atomic mass is 16.6. The lowest BCUT2D eigenvalue weighted by Gasteiger charge is -2.10. The van der Waals surface area contributed by atoms with Gasteiger partial charge in [-0.1, -0.05) is 6.07 Å². The first-order valence-electron chi connectivity index (χ1n) is 6.82. The molecule has 0 aromatic heterocycles. The molecule has 1 rings (SSSR count). The summed E-state index contributed by atoms with van der Waals surface area (Å²) in [5, 5.41) is 23.3. The van der Waals surface area contributed by atoms with E-state index in [2.05, 4.69) is 5.32 Å². The van der Waals surface area contributed by atoms with E-state index in [-0.39, 0.29) is 18.0 Å². The van der Waals surface area contributed by atoms with Crippen molar-refractivity contribution in [1.29, 1.82) is 0 Å². The van der Waals surface area contributed by atoms with Gasteiger partial charge in [0, 0.05) is 32.7 Å². The summed E-state index contributed by atoms with van der Waals surface area (Å²) in [4.78, 5) is 10.5. The van der Waals surface area contributed by atoms with E-state index in [0.717, 1.165) is 5.56 Å². The molecular weight excluding hydrogens is 276 g/mol. The highest BCUT2D eigenvalue weighted by molar-refractivity contribution is 5.48. The Morgan fingerprint density at radius 3 is 2.81 bits per heavy atom. The number of nitro benzene ring substituents is 1. The number of nitro groups is 1. The fraction of sp³-hybridized carbons (Fsp3) is 0.571. The van der Waals surface area contributed by atoms with Crippen molar-refractivity contribution in [1.82, 2.24) is 5.32 Å². The first kappa shape index (κ1) is 17.4. The van der Waals surface area contributed by atoms with Gasteiger partial charge in [-0.15, -0.1) is 0 Å². The minimum atomic E-state index is -0.497. The quantitative estimate of drug-likeness (QED) is 0.386. The molecule has 7 heteroatoms. The first-order chi connectivity index (χ1) is 10.0. The second-order valence-electron chi connectivity index (χ2n) is 4.71. The zero-order valence-corrected chi connectivity index (χ0v) is 12.4. The predicted octanol–water partition coefficient (Wildman–Crippen LogP) is 1.48. The molecule has 0 saturated carbocycles. The number of aliphatic hydroxyl groups is 1. The number of hydrogen-bond donors (Lipinski definition) is 2. The molecule has 1 atom stereocenters. The topological polar surface area (TPSA) is 93.9 Å². The van der Waals surface area contributed by atoms with E-state index >= 15 is 0 Å². The molecule has 2 N–H and O–H groups in total. The molecule has 0 aliphatic heterocycles. The maximum Gasteiger partial charge on any atom is 0.310 e. The van der Waals surface area contributed by atoms with Crippen molar-refractivity contribution in [3.63, 3.8) is 0 Å². The Kier molecular flexibility index (Phi) is 7.66. The van der Waals surface area contributed by atoms with Crippen molar-refractivity contribution in [2.45, 2.75) is 26.0 Å². The van der Waals surface area contributed by atoms with Gasteiger partial charge in [-0.05, 0) is 18.6 Å². The highest BCUT2D eigenvalue weighted by Gasteiger charge is 2.15. The van der Waals surface area contributed by atoms with Gasteiger partial charge in [-0.2, -0.15) is 0 Å². The van der Waals surface area contributed by atoms with Crippen LogP contribution in [0.25, 0.3) is 0 Å². The average Bonchev–Trinajstić information content (AvgIpc) is 2.43. The van der Waals surface area contributed by atoms with E-state index in [1.165, 1.54) is 6.07 Å². The van der Waals surface area contributed by atoms with Crippen LogP contribution in [0.3, 0.4) is 0 Å². The number of benzene rings is 1. The van der Waals surface area contributed by atoms with Gasteiger partial charge in [0.1, 0.15) is 0 Å². The van der Waals surface area contributed by atoms with Crippen LogP contribution < -0.4 is 10.1 Å². The molecular formula is C14H22N2O5. The van der Waals surface area contributed by atoms with Gasteiger partial charge in [-0.25, -0.2) is 0 Å². The van der Waals surface area contributed by atoms with E-state index < -0.39 is 11.0 Å². The monoisotopic (exact) mass is 298 g/mol. The second-order valence-corrected chi connectivity index (χ2v) is 4.71. The molecule has 0 aliphatic carbocycles. The number of rotatable bonds is 10. The Morgan fingerprint density at radius 1 is 1.43 bits per heavy atom. The summed E-state index contributed by atoms with van der Waals surface area (Å²) in [5.74, 6) is 0.228. The van der Waals surface area contributed by atoms with Crippen LogP contribution in [0.1, 0.15) is 18.9 Å². The smallest absolute Gasteiger partial charge is 0.310 e. The Hall–Kier alpha value is -1.70. The van der Waals surface area contributed by atoms with Crippen LogP contribution >= 0.6 is 0 Å². The van der Waals surface area contributed by atoms with E-state index in [0.29, 0.717) is 26.1 Å². The predicted molar refractivity (Wildman–Crippen MR) is 78.5 cm³/mol. The van der Waals surface area contributed by atoms with Crippen molar-refractivity contribution in [2.24, 2.45) is 0 Å². The van der Waals surface area contributed by atoms with E-state index in [4.69, 9.17) is 9.47 Å². The van der Waals surface area contributed by atoms with Crippen LogP contribution in [0, 0.1) is 10.1 Å². The molecule has 0 aliphatic rings. The Labute approximate surface area is 124 Å². The van der Waals surface area contributed by atoms with Crippen LogP contribution in [0.4, 0.5) is 5.69 Å². The van der Waals surface area contributed by atoms with Crippen LogP contribution in [0.5, 0.6) is 5.75 Å². The number of hydrogen-bond acceptors (Lipinski definition) is 6. The minimum absolute atomic E-state index is 0.0683. The van der Waals surface area contributed by atoms with Crippen LogP contribution in [-0.2, 0) is 11.3 Å². The number of ether oxygens (including phenoxy) is 2. The van der Waals surface area contributed by atoms with Crippen LogP contribution in [-0.4, -0.2) is 43.0 Å². The van der Waals surface area contributed by atoms with E-state index in [1.54, 1.807) is 26.2 Å². The molecule has 0 saturated heterocycles. The molecule has 0 amide bonds. The standard InChI is InChI=1S/C14H22N2O5/c1-11(17)5-7-21-14-9-12(10-15-6-8-20-2)3-4-13(14)16(18)19/h3-4,9,11,15,17H,5-8,10H2,1-2H3. The largest absolute Gasteiger partial charge is 0.487 e. The second kappa shape index (κ2) is 9.28. The van der Waals surface area contributed by atoms with Gasteiger partial charge in [0.25, 0.3) is 0 Å². The molecule has 0 fully saturated rings. The molecule has 1 unspecified atom stereocenters. The lowest BCUT2D eigenvalue weighted by Crippen LogP contribution is -2.18. The molecule has 7 nitrogen and oxygen atoms in total. The molecule has 0 heterocycles. The third-order valence-corrected chi connectivity index (χ3v) is 2.83. The maximum absolute atomic E-state index is 11.0. The van der Waals surface area contributed by atoms with E-state index in [1.807, 2.05) is 0 Å². The molecule has 118 valence electrons. The van der Waals surface area contributed by atoms with Crippen molar-refractivity contribution < 1.29 is 19.5 Å².